The molecule has 2 aromatic rings. The van der Waals surface area contributed by atoms with Crippen LogP contribution >= 0.6 is 0 Å². The maximum absolute atomic E-state index is 8.78. The van der Waals surface area contributed by atoms with E-state index in [1.165, 1.54) is 0 Å². The normalized spacial score (nSPS) is 10.8. The Morgan fingerprint density at radius 3 is 3.17 bits per heavy atom. The SMILES string of the molecule is OCCc1cccc2[nH]cnc12. The van der Waals surface area contributed by atoms with Crippen LogP contribution in [-0.2, 0) is 6.42 Å². The predicted molar refractivity (Wildman–Crippen MR) is 46.9 cm³/mol. The van der Waals surface area contributed by atoms with Crippen LogP contribution in [0.15, 0.2) is 24.5 Å². The van der Waals surface area contributed by atoms with Gasteiger partial charge in [0.15, 0.2) is 0 Å². The molecular formula is C9H10N2O. The molecule has 0 saturated heterocycles. The molecule has 0 radical (unpaired) electrons. The number of aromatic amines is 1. The topological polar surface area (TPSA) is 48.9 Å². The van der Waals surface area contributed by atoms with Gasteiger partial charge in [-0.3, -0.25) is 0 Å². The summed E-state index contributed by atoms with van der Waals surface area (Å²) in [5.74, 6) is 0. The first-order chi connectivity index (χ1) is 5.92. The van der Waals surface area contributed by atoms with Crippen molar-refractivity contribution in [3.05, 3.63) is 30.1 Å². The summed E-state index contributed by atoms with van der Waals surface area (Å²) >= 11 is 0. The predicted octanol–water partition coefficient (Wildman–Crippen LogP) is 1.10. The van der Waals surface area contributed by atoms with Crippen molar-refractivity contribution in [2.24, 2.45) is 0 Å². The molecule has 1 aromatic heterocycles. The van der Waals surface area contributed by atoms with Gasteiger partial charge in [-0.25, -0.2) is 4.98 Å². The third-order valence-corrected chi connectivity index (χ3v) is 1.91. The largest absolute Gasteiger partial charge is 0.396 e. The third-order valence-electron chi connectivity index (χ3n) is 1.91. The second-order valence-electron chi connectivity index (χ2n) is 2.69. The van der Waals surface area contributed by atoms with Crippen molar-refractivity contribution >= 4 is 11.0 Å². The van der Waals surface area contributed by atoms with Crippen LogP contribution in [0.3, 0.4) is 0 Å². The fourth-order valence-corrected chi connectivity index (χ4v) is 1.35. The Balaban J connectivity index is 2.57. The number of para-hydroxylation sites is 1. The van der Waals surface area contributed by atoms with E-state index in [1.54, 1.807) is 6.33 Å². The van der Waals surface area contributed by atoms with Gasteiger partial charge in [-0.15, -0.1) is 0 Å². The molecule has 0 aliphatic heterocycles. The molecule has 0 unspecified atom stereocenters. The minimum atomic E-state index is 0.173. The number of H-pyrrole nitrogens is 1. The van der Waals surface area contributed by atoms with Gasteiger partial charge in [0.25, 0.3) is 0 Å². The first-order valence-electron chi connectivity index (χ1n) is 3.93. The van der Waals surface area contributed by atoms with Crippen LogP contribution in [0.1, 0.15) is 5.56 Å². The minimum Gasteiger partial charge on any atom is -0.396 e. The molecule has 0 aliphatic carbocycles. The Morgan fingerprint density at radius 1 is 1.42 bits per heavy atom. The highest BCUT2D eigenvalue weighted by Crippen LogP contribution is 2.14. The van der Waals surface area contributed by atoms with Crippen LogP contribution in [0.25, 0.3) is 11.0 Å². The molecule has 1 aromatic carbocycles. The second kappa shape index (κ2) is 2.95. The maximum Gasteiger partial charge on any atom is 0.0931 e. The number of benzene rings is 1. The highest BCUT2D eigenvalue weighted by molar-refractivity contribution is 5.78. The molecular weight excluding hydrogens is 152 g/mol. The van der Waals surface area contributed by atoms with Crippen molar-refractivity contribution in [1.29, 1.82) is 0 Å². The van der Waals surface area contributed by atoms with Gasteiger partial charge in [-0.05, 0) is 18.1 Å². The fraction of sp³-hybridized carbons (Fsp3) is 0.222. The lowest BCUT2D eigenvalue weighted by molar-refractivity contribution is 0.300. The zero-order valence-corrected chi connectivity index (χ0v) is 6.62. The van der Waals surface area contributed by atoms with Crippen LogP contribution in [0, 0.1) is 0 Å². The highest BCUT2D eigenvalue weighted by Gasteiger charge is 2.00. The summed E-state index contributed by atoms with van der Waals surface area (Å²) in [5, 5.41) is 8.78. The summed E-state index contributed by atoms with van der Waals surface area (Å²) in [5.41, 5.74) is 3.09. The van der Waals surface area contributed by atoms with Crippen molar-refractivity contribution in [3.63, 3.8) is 0 Å². The van der Waals surface area contributed by atoms with Gasteiger partial charge < -0.3 is 10.1 Å². The summed E-state index contributed by atoms with van der Waals surface area (Å²) in [7, 11) is 0. The van der Waals surface area contributed by atoms with Crippen LogP contribution in [0.5, 0.6) is 0 Å². The van der Waals surface area contributed by atoms with Crippen molar-refractivity contribution in [3.8, 4) is 0 Å². The molecule has 0 amide bonds. The van der Waals surface area contributed by atoms with Crippen molar-refractivity contribution in [1.82, 2.24) is 9.97 Å². The van der Waals surface area contributed by atoms with Gasteiger partial charge in [0, 0.05) is 6.61 Å². The molecule has 2 rings (SSSR count). The molecule has 0 spiro atoms. The molecule has 0 bridgehead atoms. The van der Waals surface area contributed by atoms with Crippen LogP contribution < -0.4 is 0 Å². The fourth-order valence-electron chi connectivity index (χ4n) is 1.35. The van der Waals surface area contributed by atoms with E-state index in [-0.39, 0.29) is 6.61 Å². The molecule has 0 aliphatic rings. The summed E-state index contributed by atoms with van der Waals surface area (Å²) < 4.78 is 0. The van der Waals surface area contributed by atoms with Crippen molar-refractivity contribution < 1.29 is 5.11 Å². The van der Waals surface area contributed by atoms with Gasteiger partial charge in [-0.1, -0.05) is 12.1 Å². The molecule has 12 heavy (non-hydrogen) atoms. The van der Waals surface area contributed by atoms with Crippen LogP contribution in [0.4, 0.5) is 0 Å². The third kappa shape index (κ3) is 1.08. The first kappa shape index (κ1) is 7.31. The highest BCUT2D eigenvalue weighted by atomic mass is 16.2. The zero-order valence-electron chi connectivity index (χ0n) is 6.62. The quantitative estimate of drug-likeness (QED) is 0.694. The molecule has 1 heterocycles. The molecule has 0 fully saturated rings. The number of rotatable bonds is 2. The van der Waals surface area contributed by atoms with Crippen LogP contribution in [-0.4, -0.2) is 21.7 Å². The molecule has 0 saturated carbocycles. The average molecular weight is 162 g/mol. The number of aromatic nitrogens is 2. The van der Waals surface area contributed by atoms with Gasteiger partial charge in [0.05, 0.1) is 17.4 Å². The minimum absolute atomic E-state index is 0.173. The maximum atomic E-state index is 8.78. The molecule has 2 N–H and O–H groups in total. The number of aliphatic hydroxyl groups is 1. The summed E-state index contributed by atoms with van der Waals surface area (Å²) in [4.78, 5) is 7.20. The monoisotopic (exact) mass is 162 g/mol. The lowest BCUT2D eigenvalue weighted by atomic mass is 10.1. The van der Waals surface area contributed by atoms with E-state index in [9.17, 15) is 0 Å². The number of imidazole rings is 1. The number of hydrogen-bond donors (Lipinski definition) is 2. The van der Waals surface area contributed by atoms with E-state index < -0.39 is 0 Å². The Bertz CT molecular complexity index is 381. The Hall–Kier alpha value is -1.35. The second-order valence-corrected chi connectivity index (χ2v) is 2.69. The molecule has 3 nitrogen and oxygen atoms in total. The summed E-state index contributed by atoms with van der Waals surface area (Å²) in [6, 6.07) is 5.92. The average Bonchev–Trinajstić information content (AvgIpc) is 2.53. The Labute approximate surface area is 70.1 Å². The number of fused-ring (bicyclic) bond motifs is 1. The van der Waals surface area contributed by atoms with E-state index >= 15 is 0 Å². The number of nitrogens with one attached hydrogen (secondary N) is 1. The Morgan fingerprint density at radius 2 is 2.33 bits per heavy atom. The van der Waals surface area contributed by atoms with E-state index in [0.29, 0.717) is 6.42 Å². The standard InChI is InChI=1S/C9H10N2O/c12-5-4-7-2-1-3-8-9(7)11-6-10-8/h1-3,6,12H,4-5H2,(H,10,11). The molecule has 0 atom stereocenters. The molecule has 3 heteroatoms. The number of nitrogens with zero attached hydrogens (tertiary/aromatic N) is 1. The lowest BCUT2D eigenvalue weighted by Crippen LogP contribution is -1.91. The first-order valence-corrected chi connectivity index (χ1v) is 3.93. The van der Waals surface area contributed by atoms with E-state index in [1.807, 2.05) is 18.2 Å². The number of hydrogen-bond acceptors (Lipinski definition) is 2. The summed E-state index contributed by atoms with van der Waals surface area (Å²) in [6.45, 7) is 0.173. The van der Waals surface area contributed by atoms with E-state index in [0.717, 1.165) is 16.6 Å². The van der Waals surface area contributed by atoms with Crippen molar-refractivity contribution in [2.75, 3.05) is 6.61 Å². The Kier molecular flexibility index (Phi) is 1.80. The van der Waals surface area contributed by atoms with Gasteiger partial charge in [0.1, 0.15) is 0 Å². The molecule has 62 valence electrons. The number of aliphatic hydroxyl groups excluding tert-OH is 1. The zero-order chi connectivity index (χ0) is 8.39. The van der Waals surface area contributed by atoms with E-state index in [2.05, 4.69) is 9.97 Å². The van der Waals surface area contributed by atoms with Crippen molar-refractivity contribution in [2.45, 2.75) is 6.42 Å². The lowest BCUT2D eigenvalue weighted by Gasteiger charge is -1.97. The van der Waals surface area contributed by atoms with Gasteiger partial charge in [0.2, 0.25) is 0 Å². The smallest absolute Gasteiger partial charge is 0.0931 e. The van der Waals surface area contributed by atoms with E-state index in [4.69, 9.17) is 5.11 Å². The van der Waals surface area contributed by atoms with Gasteiger partial charge >= 0.3 is 0 Å². The van der Waals surface area contributed by atoms with Gasteiger partial charge in [-0.2, -0.15) is 0 Å². The summed E-state index contributed by atoms with van der Waals surface area (Å²) in [6.07, 6.45) is 2.34. The van der Waals surface area contributed by atoms with Crippen LogP contribution in [0.2, 0.25) is 0 Å².